The van der Waals surface area contributed by atoms with Gasteiger partial charge in [-0.15, -0.1) is 0 Å². The molecule has 1 heterocycles. The van der Waals surface area contributed by atoms with Crippen molar-refractivity contribution in [3.63, 3.8) is 0 Å². The van der Waals surface area contributed by atoms with Crippen molar-refractivity contribution >= 4 is 5.91 Å². The molecule has 1 rings (SSSR count). The largest absolute Gasteiger partial charge is 0.394 e. The van der Waals surface area contributed by atoms with Crippen LogP contribution in [0.3, 0.4) is 0 Å². The highest BCUT2D eigenvalue weighted by atomic mass is 16.3. The molecule has 0 aromatic heterocycles. The van der Waals surface area contributed by atoms with Crippen molar-refractivity contribution in [1.82, 2.24) is 4.90 Å². The Kier molecular flexibility index (Phi) is 6.57. The van der Waals surface area contributed by atoms with E-state index in [9.17, 15) is 35.4 Å². The molecule has 1 amide bonds. The van der Waals surface area contributed by atoms with Gasteiger partial charge in [0.25, 0.3) is 5.91 Å². The lowest BCUT2D eigenvalue weighted by atomic mass is 9.82. The second-order valence-electron chi connectivity index (χ2n) is 5.82. The van der Waals surface area contributed by atoms with Crippen molar-refractivity contribution in [2.45, 2.75) is 43.2 Å². The molecular weight excluding hydrogens is 310 g/mol. The van der Waals surface area contributed by atoms with Crippen LogP contribution in [0.15, 0.2) is 10.2 Å². The zero-order valence-corrected chi connectivity index (χ0v) is 13.2. The van der Waals surface area contributed by atoms with Gasteiger partial charge in [-0.3, -0.25) is 4.79 Å². The molecule has 3 unspecified atom stereocenters. The predicted octanol–water partition coefficient (Wildman–Crippen LogP) is -3.14. The normalized spacial score (nSPS) is 20.8. The van der Waals surface area contributed by atoms with Crippen LogP contribution in [0.4, 0.5) is 0 Å². The van der Waals surface area contributed by atoms with E-state index in [2.05, 4.69) is 10.2 Å². The summed E-state index contributed by atoms with van der Waals surface area (Å²) in [5.74, 6) is -0.770. The number of nitrogens with zero attached hydrogens (tertiary/aromatic N) is 3. The van der Waals surface area contributed by atoms with Gasteiger partial charge in [0.1, 0.15) is 11.1 Å². The fourth-order valence-electron chi connectivity index (χ4n) is 2.61. The third-order valence-electron chi connectivity index (χ3n) is 4.52. The highest BCUT2D eigenvalue weighted by Gasteiger charge is 2.56. The highest BCUT2D eigenvalue weighted by Crippen LogP contribution is 2.33. The fourth-order valence-corrected chi connectivity index (χ4v) is 2.61. The number of carbonyl (C=O) groups is 1. The van der Waals surface area contributed by atoms with Gasteiger partial charge < -0.3 is 35.5 Å². The molecule has 0 radical (unpaired) electrons. The quantitative estimate of drug-likeness (QED) is 0.259. The van der Waals surface area contributed by atoms with Gasteiger partial charge in [-0.25, -0.2) is 0 Å². The molecule has 0 aromatic rings. The number of aliphatic hydroxyl groups is 6. The van der Waals surface area contributed by atoms with Crippen LogP contribution >= 0.6 is 0 Å². The first-order valence-corrected chi connectivity index (χ1v) is 7.27. The molecule has 10 heteroatoms. The maximum Gasteiger partial charge on any atom is 0.252 e. The summed E-state index contributed by atoms with van der Waals surface area (Å²) in [7, 11) is 0. The van der Waals surface area contributed by atoms with Gasteiger partial charge in [0, 0.05) is 0 Å². The zero-order chi connectivity index (χ0) is 17.8. The smallest absolute Gasteiger partial charge is 0.252 e. The summed E-state index contributed by atoms with van der Waals surface area (Å²) in [6.45, 7) is -0.866. The minimum absolute atomic E-state index is 0.0643. The molecule has 10 nitrogen and oxygen atoms in total. The number of carbonyl (C=O) groups excluding carboxylic acids is 1. The first-order valence-electron chi connectivity index (χ1n) is 7.27. The number of azo groups is 1. The lowest BCUT2D eigenvalue weighted by molar-refractivity contribution is -0.195. The Morgan fingerprint density at radius 3 is 1.57 bits per heavy atom. The van der Waals surface area contributed by atoms with E-state index < -0.39 is 61.7 Å². The van der Waals surface area contributed by atoms with Crippen molar-refractivity contribution in [1.29, 1.82) is 0 Å². The molecule has 134 valence electrons. The predicted molar refractivity (Wildman–Crippen MR) is 77.5 cm³/mol. The number of amides is 1. The van der Waals surface area contributed by atoms with E-state index in [1.54, 1.807) is 0 Å². The molecular formula is C13H25N3O7. The van der Waals surface area contributed by atoms with E-state index >= 15 is 0 Å². The van der Waals surface area contributed by atoms with Crippen molar-refractivity contribution in [2.75, 3.05) is 33.0 Å². The third kappa shape index (κ3) is 3.10. The Morgan fingerprint density at radius 2 is 1.39 bits per heavy atom. The van der Waals surface area contributed by atoms with Gasteiger partial charge in [0.05, 0.1) is 45.2 Å². The summed E-state index contributed by atoms with van der Waals surface area (Å²) >= 11 is 0. The van der Waals surface area contributed by atoms with Crippen molar-refractivity contribution in [3.05, 3.63) is 0 Å². The van der Waals surface area contributed by atoms with E-state index in [0.717, 1.165) is 4.90 Å². The Labute approximate surface area is 133 Å². The zero-order valence-electron chi connectivity index (χ0n) is 13.2. The average Bonchev–Trinajstić information content (AvgIpc) is 2.46. The number of rotatable bonds is 9. The molecule has 0 spiro atoms. The van der Waals surface area contributed by atoms with Crippen LogP contribution in [-0.2, 0) is 4.79 Å². The maximum atomic E-state index is 12.8. The summed E-state index contributed by atoms with van der Waals surface area (Å²) in [6, 6.07) is -0.928. The van der Waals surface area contributed by atoms with E-state index in [0.29, 0.717) is 0 Å². The topological polar surface area (TPSA) is 166 Å². The molecule has 0 aliphatic carbocycles. The van der Waals surface area contributed by atoms with Crippen LogP contribution in [0.25, 0.3) is 0 Å². The standard InChI is InChI=1S/C13H25N3O7/c1-8(21)12(4-17,5-18)16(11(23)10-3-14-15-10)13(6-19,7-20)9(2)22/h8-10,17-22H,3-7H2,1-2H3. The Hall–Kier alpha value is -1.17. The summed E-state index contributed by atoms with van der Waals surface area (Å²) in [5.41, 5.74) is -3.85. The lowest BCUT2D eigenvalue weighted by Crippen LogP contribution is -2.76. The molecule has 1 aliphatic heterocycles. The molecule has 23 heavy (non-hydrogen) atoms. The van der Waals surface area contributed by atoms with Gasteiger partial charge in [-0.1, -0.05) is 0 Å². The summed E-state index contributed by atoms with van der Waals surface area (Å²) < 4.78 is 0. The number of hydrogen-bond acceptors (Lipinski definition) is 9. The first kappa shape index (κ1) is 19.9. The molecule has 0 aromatic carbocycles. The molecule has 6 N–H and O–H groups in total. The first-order chi connectivity index (χ1) is 10.8. The van der Waals surface area contributed by atoms with Gasteiger partial charge in [0.2, 0.25) is 0 Å². The number of hydrogen-bond donors (Lipinski definition) is 6. The second kappa shape index (κ2) is 7.60. The molecule has 0 saturated carbocycles. The van der Waals surface area contributed by atoms with Crippen LogP contribution in [-0.4, -0.2) is 104 Å². The van der Waals surface area contributed by atoms with Gasteiger partial charge in [0.15, 0.2) is 6.04 Å². The Morgan fingerprint density at radius 1 is 1.04 bits per heavy atom. The third-order valence-corrected chi connectivity index (χ3v) is 4.52. The molecule has 0 bridgehead atoms. The minimum atomic E-state index is -1.93. The average molecular weight is 335 g/mol. The van der Waals surface area contributed by atoms with Crippen molar-refractivity contribution in [3.8, 4) is 0 Å². The minimum Gasteiger partial charge on any atom is -0.394 e. The molecule has 0 saturated heterocycles. The van der Waals surface area contributed by atoms with Crippen LogP contribution < -0.4 is 0 Å². The van der Waals surface area contributed by atoms with E-state index in [1.165, 1.54) is 13.8 Å². The molecule has 1 aliphatic rings. The molecule has 3 atom stereocenters. The number of aliphatic hydroxyl groups excluding tert-OH is 6. The van der Waals surface area contributed by atoms with Gasteiger partial charge in [-0.2, -0.15) is 10.2 Å². The maximum absolute atomic E-state index is 12.8. The highest BCUT2D eigenvalue weighted by molar-refractivity contribution is 5.84. The molecule has 0 fully saturated rings. The van der Waals surface area contributed by atoms with E-state index in [1.807, 2.05) is 0 Å². The second-order valence-corrected chi connectivity index (χ2v) is 5.82. The summed E-state index contributed by atoms with van der Waals surface area (Å²) in [4.78, 5) is 13.5. The summed E-state index contributed by atoms with van der Waals surface area (Å²) in [6.07, 6.45) is -2.84. The fraction of sp³-hybridized carbons (Fsp3) is 0.923. The van der Waals surface area contributed by atoms with Crippen molar-refractivity contribution in [2.24, 2.45) is 10.2 Å². The summed E-state index contributed by atoms with van der Waals surface area (Å²) in [5, 5.41) is 66.4. The van der Waals surface area contributed by atoms with Crippen LogP contribution in [0.1, 0.15) is 13.8 Å². The SMILES string of the molecule is CC(O)C(CO)(CO)N(C(=O)C1CN=N1)C(CO)(CO)C(C)O. The monoisotopic (exact) mass is 335 g/mol. The van der Waals surface area contributed by atoms with Gasteiger partial charge in [-0.05, 0) is 13.8 Å². The Bertz CT molecular complexity index is 409. The van der Waals surface area contributed by atoms with E-state index in [-0.39, 0.29) is 6.54 Å². The van der Waals surface area contributed by atoms with Gasteiger partial charge >= 0.3 is 0 Å². The van der Waals surface area contributed by atoms with Crippen LogP contribution in [0.5, 0.6) is 0 Å². The van der Waals surface area contributed by atoms with E-state index in [4.69, 9.17) is 0 Å². The van der Waals surface area contributed by atoms with Crippen LogP contribution in [0.2, 0.25) is 0 Å². The van der Waals surface area contributed by atoms with Crippen molar-refractivity contribution < 1.29 is 35.4 Å². The Balaban J connectivity index is 3.52. The lowest BCUT2D eigenvalue weighted by Gasteiger charge is -2.54. The van der Waals surface area contributed by atoms with Crippen LogP contribution in [0, 0.1) is 0 Å².